The number of alkyl halides is 3. The molecule has 0 spiro atoms. The zero-order valence-electron chi connectivity index (χ0n) is 19.8. The van der Waals surface area contributed by atoms with E-state index in [0.717, 1.165) is 17.8 Å². The fourth-order valence-corrected chi connectivity index (χ4v) is 6.95. The monoisotopic (exact) mass is 474 g/mol. The molecule has 0 aromatic carbocycles. The Morgan fingerprint density at radius 2 is 1.76 bits per heavy atom. The van der Waals surface area contributed by atoms with Gasteiger partial charge in [0.25, 0.3) is 0 Å². The number of rotatable bonds is 4. The smallest absolute Gasteiger partial charge is 0.383 e. The normalized spacial score (nSPS) is 31.8. The summed E-state index contributed by atoms with van der Waals surface area (Å²) >= 11 is 0. The van der Waals surface area contributed by atoms with Crippen LogP contribution in [0.1, 0.15) is 62.7 Å². The first-order valence-corrected chi connectivity index (χ1v) is 12.6. The van der Waals surface area contributed by atoms with Crippen molar-refractivity contribution in [1.29, 1.82) is 0 Å². The van der Waals surface area contributed by atoms with Gasteiger partial charge in [-0.05, 0) is 70.0 Å². The lowest BCUT2D eigenvalue weighted by molar-refractivity contribution is -0.137. The summed E-state index contributed by atoms with van der Waals surface area (Å²) in [5.74, 6) is 1.27. The molecule has 6 rings (SSSR count). The third-order valence-electron chi connectivity index (χ3n) is 8.67. The lowest BCUT2D eigenvalue weighted by Crippen LogP contribution is -2.53. The molecule has 6 nitrogen and oxygen atoms in total. The number of pyridine rings is 1. The van der Waals surface area contributed by atoms with E-state index in [1.54, 1.807) is 0 Å². The highest BCUT2D eigenvalue weighted by molar-refractivity contribution is 5.63. The Labute approximate surface area is 198 Å². The van der Waals surface area contributed by atoms with Crippen LogP contribution < -0.4 is 5.73 Å². The minimum atomic E-state index is -4.54. The Bertz CT molecular complexity index is 1070. The molecule has 2 aliphatic heterocycles. The van der Waals surface area contributed by atoms with Gasteiger partial charge in [-0.15, -0.1) is 0 Å². The van der Waals surface area contributed by atoms with Gasteiger partial charge >= 0.3 is 6.18 Å². The molecule has 2 unspecified atom stereocenters. The summed E-state index contributed by atoms with van der Waals surface area (Å²) in [6.07, 6.45) is 1.98. The third kappa shape index (κ3) is 3.71. The molecule has 4 aliphatic rings. The summed E-state index contributed by atoms with van der Waals surface area (Å²) in [7, 11) is 0. The van der Waals surface area contributed by atoms with E-state index < -0.39 is 17.6 Å². The van der Waals surface area contributed by atoms with Crippen molar-refractivity contribution < 1.29 is 13.2 Å². The number of piperazine rings is 1. The van der Waals surface area contributed by atoms with Crippen LogP contribution in [0.25, 0.3) is 11.3 Å². The van der Waals surface area contributed by atoms with Crippen molar-refractivity contribution in [3.8, 4) is 11.3 Å². The molecule has 2 saturated carbocycles. The maximum atomic E-state index is 13.4. The zero-order valence-corrected chi connectivity index (χ0v) is 19.8. The molecule has 2 N–H and O–H groups in total. The lowest BCUT2D eigenvalue weighted by atomic mass is 10.0. The Morgan fingerprint density at radius 1 is 1.03 bits per heavy atom. The zero-order chi connectivity index (χ0) is 23.8. The Morgan fingerprint density at radius 3 is 2.47 bits per heavy atom. The van der Waals surface area contributed by atoms with Gasteiger partial charge in [0.15, 0.2) is 0 Å². The van der Waals surface area contributed by atoms with Gasteiger partial charge in [-0.25, -0.2) is 4.98 Å². The molecule has 0 radical (unpaired) electrons. The molecule has 0 amide bonds. The second-order valence-corrected chi connectivity index (χ2v) is 11.0. The molecule has 2 aromatic heterocycles. The van der Waals surface area contributed by atoms with Crippen LogP contribution >= 0.6 is 0 Å². The van der Waals surface area contributed by atoms with Gasteiger partial charge in [-0.1, -0.05) is 0 Å². The van der Waals surface area contributed by atoms with Crippen LogP contribution in [0.3, 0.4) is 0 Å². The van der Waals surface area contributed by atoms with Gasteiger partial charge in [0.2, 0.25) is 0 Å². The molecule has 5 atom stereocenters. The van der Waals surface area contributed by atoms with Crippen LogP contribution in [-0.4, -0.2) is 62.8 Å². The van der Waals surface area contributed by atoms with Gasteiger partial charge in [0, 0.05) is 61.1 Å². The maximum absolute atomic E-state index is 13.4. The van der Waals surface area contributed by atoms with E-state index in [9.17, 15) is 13.2 Å². The summed E-state index contributed by atoms with van der Waals surface area (Å²) in [5.41, 5.74) is 6.65. The molecule has 4 fully saturated rings. The van der Waals surface area contributed by atoms with Crippen LogP contribution in [0.4, 0.5) is 19.0 Å². The standard InChI is InChI=1S/C25H33F3N6/c1-14(2)34-22(11-21(31-34)15-8-20(25(26,27)28)24(29)30-12-15)23-18-9-17(10-19(18)23)33-7-6-32-5-3-4-16(32)13-33/h8,11-12,14,16-19,23H,3-7,9-10,13H2,1-2H3,(H2,29,30)/t16?,17?,18-,19+,23+. The van der Waals surface area contributed by atoms with Crippen LogP contribution in [0, 0.1) is 11.8 Å². The first-order valence-electron chi connectivity index (χ1n) is 12.6. The van der Waals surface area contributed by atoms with Gasteiger partial charge in [-0.3, -0.25) is 14.5 Å². The van der Waals surface area contributed by atoms with Gasteiger partial charge in [-0.2, -0.15) is 18.3 Å². The highest BCUT2D eigenvalue weighted by Crippen LogP contribution is 2.64. The molecule has 184 valence electrons. The van der Waals surface area contributed by atoms with Crippen molar-refractivity contribution in [2.45, 2.75) is 69.8 Å². The van der Waals surface area contributed by atoms with Crippen LogP contribution in [-0.2, 0) is 6.18 Å². The van der Waals surface area contributed by atoms with E-state index in [-0.39, 0.29) is 6.04 Å². The number of hydrogen-bond donors (Lipinski definition) is 1. The number of halogens is 3. The third-order valence-corrected chi connectivity index (χ3v) is 8.67. The second kappa shape index (κ2) is 7.95. The highest BCUT2D eigenvalue weighted by atomic mass is 19.4. The number of nitrogens with two attached hydrogens (primary N) is 1. The van der Waals surface area contributed by atoms with Gasteiger partial charge < -0.3 is 5.73 Å². The molecule has 4 heterocycles. The number of fused-ring (bicyclic) bond motifs is 2. The van der Waals surface area contributed by atoms with Gasteiger partial charge in [0.1, 0.15) is 5.82 Å². The van der Waals surface area contributed by atoms with Crippen molar-refractivity contribution in [1.82, 2.24) is 24.6 Å². The number of hydrogen-bond acceptors (Lipinski definition) is 5. The molecular formula is C25H33F3N6. The number of aromatic nitrogens is 3. The lowest BCUT2D eigenvalue weighted by Gasteiger charge is -2.41. The maximum Gasteiger partial charge on any atom is 0.419 e. The van der Waals surface area contributed by atoms with Crippen LogP contribution in [0.15, 0.2) is 18.3 Å². The summed E-state index contributed by atoms with van der Waals surface area (Å²) in [6, 6.07) is 4.63. The summed E-state index contributed by atoms with van der Waals surface area (Å²) in [4.78, 5) is 9.20. The van der Waals surface area contributed by atoms with Crippen LogP contribution in [0.2, 0.25) is 0 Å². The average molecular weight is 475 g/mol. The van der Waals surface area contributed by atoms with Crippen molar-refractivity contribution in [2.75, 3.05) is 31.9 Å². The quantitative estimate of drug-likeness (QED) is 0.712. The average Bonchev–Trinajstić information content (AvgIpc) is 3.26. The fourth-order valence-electron chi connectivity index (χ4n) is 6.95. The molecule has 0 bridgehead atoms. The van der Waals surface area contributed by atoms with Crippen molar-refractivity contribution >= 4 is 5.82 Å². The molecule has 34 heavy (non-hydrogen) atoms. The van der Waals surface area contributed by atoms with E-state index in [1.165, 1.54) is 58.1 Å². The molecule has 9 heteroatoms. The van der Waals surface area contributed by atoms with E-state index >= 15 is 0 Å². The van der Waals surface area contributed by atoms with E-state index in [0.29, 0.717) is 35.1 Å². The Hall–Kier alpha value is -2.13. The molecular weight excluding hydrogens is 441 g/mol. The van der Waals surface area contributed by atoms with Crippen molar-refractivity contribution in [2.24, 2.45) is 11.8 Å². The minimum absolute atomic E-state index is 0.139. The molecule has 2 saturated heterocycles. The molecule has 2 aromatic rings. The largest absolute Gasteiger partial charge is 0.419 e. The second-order valence-electron chi connectivity index (χ2n) is 11.0. The van der Waals surface area contributed by atoms with Gasteiger partial charge in [0.05, 0.1) is 11.3 Å². The van der Waals surface area contributed by atoms with Crippen molar-refractivity contribution in [3.05, 3.63) is 29.6 Å². The SMILES string of the molecule is CC(C)n1nc(-c2cnc(N)c(C(F)(F)F)c2)cc1[C@H]1[C@@H]2CC(N3CCN4CCCC4C3)C[C@@H]21. The topological polar surface area (TPSA) is 63.2 Å². The predicted molar refractivity (Wildman–Crippen MR) is 124 cm³/mol. The minimum Gasteiger partial charge on any atom is -0.383 e. The van der Waals surface area contributed by atoms with E-state index in [2.05, 4.69) is 28.6 Å². The molecule has 2 aliphatic carbocycles. The fraction of sp³-hybridized carbons (Fsp3) is 0.680. The van der Waals surface area contributed by atoms with E-state index in [1.807, 2.05) is 10.7 Å². The summed E-state index contributed by atoms with van der Waals surface area (Å²) in [6.45, 7) is 9.03. The predicted octanol–water partition coefficient (Wildman–Crippen LogP) is 4.40. The first kappa shape index (κ1) is 22.3. The number of nitrogen functional groups attached to an aromatic ring is 1. The Balaban J connectivity index is 1.20. The number of nitrogens with zero attached hydrogens (tertiary/aromatic N) is 5. The van der Waals surface area contributed by atoms with E-state index in [4.69, 9.17) is 10.8 Å². The van der Waals surface area contributed by atoms with Crippen molar-refractivity contribution in [3.63, 3.8) is 0 Å². The highest BCUT2D eigenvalue weighted by Gasteiger charge is 2.59. The number of anilines is 1. The summed E-state index contributed by atoms with van der Waals surface area (Å²) < 4.78 is 42.1. The van der Waals surface area contributed by atoms with Crippen LogP contribution in [0.5, 0.6) is 0 Å². The summed E-state index contributed by atoms with van der Waals surface area (Å²) in [5, 5.41) is 4.72. The first-order chi connectivity index (χ1) is 16.2. The Kier molecular flexibility index (Phi) is 5.22.